The average molecular weight is 405 g/mol. The van der Waals surface area contributed by atoms with Gasteiger partial charge in [-0.1, -0.05) is 18.5 Å². The van der Waals surface area contributed by atoms with Gasteiger partial charge in [-0.2, -0.15) is 0 Å². The van der Waals surface area contributed by atoms with Gasteiger partial charge in [0.05, 0.1) is 16.6 Å². The lowest BCUT2D eigenvalue weighted by molar-refractivity contribution is 0.0609. The first-order valence-electron chi connectivity index (χ1n) is 10.5. The molecule has 0 unspecified atom stereocenters. The fourth-order valence-electron chi connectivity index (χ4n) is 4.77. The number of nitrogens with one attached hydrogen (secondary N) is 1. The maximum atomic E-state index is 13.5. The number of aryl methyl sites for hydroxylation is 1. The second kappa shape index (κ2) is 7.64. The van der Waals surface area contributed by atoms with Crippen molar-refractivity contribution in [2.45, 2.75) is 57.8 Å². The van der Waals surface area contributed by atoms with Crippen LogP contribution in [0, 0.1) is 5.41 Å². The first kappa shape index (κ1) is 19.6. The van der Waals surface area contributed by atoms with Crippen LogP contribution >= 0.6 is 12.4 Å². The van der Waals surface area contributed by atoms with Crippen molar-refractivity contribution in [3.63, 3.8) is 0 Å². The summed E-state index contributed by atoms with van der Waals surface area (Å²) in [7, 11) is 0. The normalized spacial score (nSPS) is 21.2. The second-order valence-corrected chi connectivity index (χ2v) is 8.65. The third kappa shape index (κ3) is 3.41. The van der Waals surface area contributed by atoms with Gasteiger partial charge < -0.3 is 14.7 Å². The third-order valence-corrected chi connectivity index (χ3v) is 6.69. The molecule has 0 atom stereocenters. The van der Waals surface area contributed by atoms with Crippen LogP contribution in [-0.4, -0.2) is 47.1 Å². The average Bonchev–Trinajstić information content (AvgIpc) is 3.33. The van der Waals surface area contributed by atoms with E-state index in [0.29, 0.717) is 17.0 Å². The summed E-state index contributed by atoms with van der Waals surface area (Å²) in [5.74, 6) is 0.612. The molecule has 2 aromatic heterocycles. The molecule has 0 aromatic carbocycles. The van der Waals surface area contributed by atoms with Crippen molar-refractivity contribution >= 4 is 29.4 Å². The second-order valence-electron chi connectivity index (χ2n) is 8.65. The van der Waals surface area contributed by atoms with Crippen molar-refractivity contribution < 1.29 is 9.32 Å². The smallest absolute Gasteiger partial charge is 0.259 e. The van der Waals surface area contributed by atoms with Crippen LogP contribution in [0.2, 0.25) is 0 Å². The van der Waals surface area contributed by atoms with E-state index in [9.17, 15) is 4.79 Å². The summed E-state index contributed by atoms with van der Waals surface area (Å²) < 4.78 is 5.53. The SMILES string of the molecule is CCCc1noc2nc(C3CC3)cc(C(=O)N3CCC4(CCNC4)CC3)c12.Cl. The van der Waals surface area contributed by atoms with Gasteiger partial charge in [-0.05, 0) is 56.6 Å². The Bertz CT molecular complexity index is 861. The van der Waals surface area contributed by atoms with Gasteiger partial charge in [0.15, 0.2) is 0 Å². The molecule has 1 aliphatic carbocycles. The number of nitrogens with zero attached hydrogens (tertiary/aromatic N) is 3. The van der Waals surface area contributed by atoms with Gasteiger partial charge in [0.2, 0.25) is 0 Å². The Morgan fingerprint density at radius 2 is 2.11 bits per heavy atom. The lowest BCUT2D eigenvalue weighted by atomic mass is 9.77. The quantitative estimate of drug-likeness (QED) is 0.841. The van der Waals surface area contributed by atoms with E-state index in [4.69, 9.17) is 4.52 Å². The zero-order valence-electron chi connectivity index (χ0n) is 16.5. The van der Waals surface area contributed by atoms with Gasteiger partial charge in [0, 0.05) is 31.2 Å². The van der Waals surface area contributed by atoms with Crippen LogP contribution in [-0.2, 0) is 6.42 Å². The van der Waals surface area contributed by atoms with E-state index in [1.165, 1.54) is 6.42 Å². The van der Waals surface area contributed by atoms with Crippen molar-refractivity contribution in [3.05, 3.63) is 23.0 Å². The zero-order chi connectivity index (χ0) is 18.4. The standard InChI is InChI=1S/C21H28N4O2.ClH/c1-2-3-16-18-15(12-17(14-4-5-14)23-19(18)27-24-16)20(26)25-10-7-21(8-11-25)6-9-22-13-21;/h12,14,22H,2-11,13H2,1H3;1H. The maximum absolute atomic E-state index is 13.5. The molecule has 6 nitrogen and oxygen atoms in total. The van der Waals surface area contributed by atoms with E-state index in [1.807, 2.05) is 11.0 Å². The Labute approximate surface area is 171 Å². The molecule has 152 valence electrons. The number of likely N-dealkylation sites (tertiary alicyclic amines) is 1. The minimum Gasteiger partial charge on any atom is -0.339 e. The van der Waals surface area contributed by atoms with Crippen molar-refractivity contribution in [1.29, 1.82) is 0 Å². The molecule has 2 aliphatic heterocycles. The Morgan fingerprint density at radius 3 is 2.75 bits per heavy atom. The monoisotopic (exact) mass is 404 g/mol. The lowest BCUT2D eigenvalue weighted by Gasteiger charge is -2.39. The molecule has 2 saturated heterocycles. The number of hydrogen-bond acceptors (Lipinski definition) is 5. The number of halogens is 1. The molecule has 5 rings (SSSR count). The summed E-state index contributed by atoms with van der Waals surface area (Å²) in [6, 6.07) is 2.03. The van der Waals surface area contributed by atoms with E-state index >= 15 is 0 Å². The molecule has 1 saturated carbocycles. The van der Waals surface area contributed by atoms with E-state index in [2.05, 4.69) is 22.4 Å². The van der Waals surface area contributed by atoms with Crippen molar-refractivity contribution in [3.8, 4) is 0 Å². The highest BCUT2D eigenvalue weighted by atomic mass is 35.5. The molecular formula is C21H29ClN4O2. The Hall–Kier alpha value is -1.66. The lowest BCUT2D eigenvalue weighted by Crippen LogP contribution is -2.44. The van der Waals surface area contributed by atoms with E-state index in [1.54, 1.807) is 0 Å². The Balaban J connectivity index is 0.00000192. The number of rotatable bonds is 4. The fourth-order valence-corrected chi connectivity index (χ4v) is 4.77. The number of pyridine rings is 1. The molecule has 3 fully saturated rings. The molecule has 7 heteroatoms. The number of carbonyl (C=O) groups is 1. The maximum Gasteiger partial charge on any atom is 0.259 e. The van der Waals surface area contributed by atoms with E-state index in [0.717, 1.165) is 87.0 Å². The van der Waals surface area contributed by atoms with Crippen LogP contribution in [0.15, 0.2) is 10.6 Å². The summed E-state index contributed by atoms with van der Waals surface area (Å²) in [4.78, 5) is 20.2. The molecule has 1 N–H and O–H groups in total. The van der Waals surface area contributed by atoms with Gasteiger partial charge in [-0.25, -0.2) is 4.98 Å². The molecule has 1 amide bonds. The van der Waals surface area contributed by atoms with Crippen LogP contribution < -0.4 is 5.32 Å². The summed E-state index contributed by atoms with van der Waals surface area (Å²) in [6.45, 7) is 6.03. The van der Waals surface area contributed by atoms with E-state index in [-0.39, 0.29) is 18.3 Å². The Kier molecular flexibility index (Phi) is 5.36. The third-order valence-electron chi connectivity index (χ3n) is 6.69. The summed E-state index contributed by atoms with van der Waals surface area (Å²) in [5.41, 5.74) is 3.58. The predicted octanol–water partition coefficient (Wildman–Crippen LogP) is 3.69. The molecule has 2 aromatic rings. The van der Waals surface area contributed by atoms with Gasteiger partial charge >= 0.3 is 0 Å². The number of fused-ring (bicyclic) bond motifs is 1. The summed E-state index contributed by atoms with van der Waals surface area (Å²) in [5, 5.41) is 8.57. The van der Waals surface area contributed by atoms with Gasteiger partial charge in [0.1, 0.15) is 0 Å². The number of carbonyl (C=O) groups excluding carboxylic acids is 1. The zero-order valence-corrected chi connectivity index (χ0v) is 17.3. The molecular weight excluding hydrogens is 376 g/mol. The van der Waals surface area contributed by atoms with Crippen molar-refractivity contribution in [2.24, 2.45) is 5.41 Å². The highest BCUT2D eigenvalue weighted by Gasteiger charge is 2.39. The van der Waals surface area contributed by atoms with Crippen LogP contribution in [0.25, 0.3) is 11.1 Å². The Morgan fingerprint density at radius 1 is 1.32 bits per heavy atom. The number of piperidine rings is 1. The van der Waals surface area contributed by atoms with Crippen LogP contribution in [0.3, 0.4) is 0 Å². The van der Waals surface area contributed by atoms with Gasteiger partial charge in [0.25, 0.3) is 11.6 Å². The van der Waals surface area contributed by atoms with Crippen LogP contribution in [0.1, 0.15) is 73.1 Å². The summed E-state index contributed by atoms with van der Waals surface area (Å²) in [6.07, 6.45) is 7.53. The van der Waals surface area contributed by atoms with Crippen LogP contribution in [0.5, 0.6) is 0 Å². The van der Waals surface area contributed by atoms with E-state index < -0.39 is 0 Å². The molecule has 0 radical (unpaired) electrons. The molecule has 28 heavy (non-hydrogen) atoms. The molecule has 0 bridgehead atoms. The highest BCUT2D eigenvalue weighted by molar-refractivity contribution is 6.06. The highest BCUT2D eigenvalue weighted by Crippen LogP contribution is 2.41. The minimum atomic E-state index is 0. The number of hydrogen-bond donors (Lipinski definition) is 1. The fraction of sp³-hybridized carbons (Fsp3) is 0.667. The van der Waals surface area contributed by atoms with Gasteiger partial charge in [-0.3, -0.25) is 4.79 Å². The topological polar surface area (TPSA) is 71.3 Å². The first-order chi connectivity index (χ1) is 13.2. The van der Waals surface area contributed by atoms with Gasteiger partial charge in [-0.15, -0.1) is 12.4 Å². The number of amides is 1. The number of aromatic nitrogens is 2. The largest absolute Gasteiger partial charge is 0.339 e. The summed E-state index contributed by atoms with van der Waals surface area (Å²) >= 11 is 0. The van der Waals surface area contributed by atoms with Crippen molar-refractivity contribution in [2.75, 3.05) is 26.2 Å². The molecule has 1 spiro atoms. The molecule has 3 aliphatic rings. The van der Waals surface area contributed by atoms with Crippen molar-refractivity contribution in [1.82, 2.24) is 20.4 Å². The predicted molar refractivity (Wildman–Crippen MR) is 110 cm³/mol. The minimum absolute atomic E-state index is 0. The van der Waals surface area contributed by atoms with Crippen LogP contribution in [0.4, 0.5) is 0 Å². The molecule has 4 heterocycles. The first-order valence-corrected chi connectivity index (χ1v) is 10.5.